The lowest BCUT2D eigenvalue weighted by Crippen LogP contribution is -2.62. The molecule has 0 bridgehead atoms. The van der Waals surface area contributed by atoms with Crippen molar-refractivity contribution in [1.82, 2.24) is 10.2 Å². The lowest BCUT2D eigenvalue weighted by atomic mass is 9.87. The zero-order valence-electron chi connectivity index (χ0n) is 11.0. The highest BCUT2D eigenvalue weighted by atomic mass is 16.3. The summed E-state index contributed by atoms with van der Waals surface area (Å²) in [6.07, 6.45) is 5.68. The van der Waals surface area contributed by atoms with Gasteiger partial charge in [0.25, 0.3) is 5.91 Å². The van der Waals surface area contributed by atoms with E-state index in [1.165, 1.54) is 6.26 Å². The minimum atomic E-state index is -0.0852. The van der Waals surface area contributed by atoms with Gasteiger partial charge in [-0.2, -0.15) is 0 Å². The van der Waals surface area contributed by atoms with Crippen LogP contribution in [0.2, 0.25) is 0 Å². The van der Waals surface area contributed by atoms with Crippen LogP contribution in [-0.4, -0.2) is 35.3 Å². The molecular weight excluding hydrogens is 244 g/mol. The summed E-state index contributed by atoms with van der Waals surface area (Å²) in [5, 5.41) is 3.01. The molecule has 2 heterocycles. The van der Waals surface area contributed by atoms with Gasteiger partial charge in [0, 0.05) is 6.04 Å². The molecule has 19 heavy (non-hydrogen) atoms. The fraction of sp³-hybridized carbons (Fsp3) is 0.571. The SMILES string of the molecule is Cc1occc1C(=O)N1CC(=O)NC2CCCCC21. The van der Waals surface area contributed by atoms with Gasteiger partial charge in [0.2, 0.25) is 5.91 Å². The second-order valence-electron chi connectivity index (χ2n) is 5.35. The van der Waals surface area contributed by atoms with Crippen LogP contribution in [0.25, 0.3) is 0 Å². The quantitative estimate of drug-likeness (QED) is 0.833. The molecule has 2 fully saturated rings. The summed E-state index contributed by atoms with van der Waals surface area (Å²) in [4.78, 5) is 26.0. The minimum absolute atomic E-state index is 0.0577. The van der Waals surface area contributed by atoms with Gasteiger partial charge >= 0.3 is 0 Å². The van der Waals surface area contributed by atoms with Gasteiger partial charge in [-0.15, -0.1) is 0 Å². The van der Waals surface area contributed by atoms with Gasteiger partial charge in [0.05, 0.1) is 17.9 Å². The molecule has 1 saturated carbocycles. The molecular formula is C14H18N2O3. The third-order valence-corrected chi connectivity index (χ3v) is 4.14. The summed E-state index contributed by atoms with van der Waals surface area (Å²) in [5.74, 6) is 0.471. The van der Waals surface area contributed by atoms with Gasteiger partial charge in [-0.25, -0.2) is 0 Å². The highest BCUT2D eigenvalue weighted by Crippen LogP contribution is 2.27. The molecule has 5 heteroatoms. The molecule has 102 valence electrons. The van der Waals surface area contributed by atoms with Gasteiger partial charge in [-0.1, -0.05) is 12.8 Å². The molecule has 0 aromatic carbocycles. The van der Waals surface area contributed by atoms with Crippen LogP contribution in [0.4, 0.5) is 0 Å². The van der Waals surface area contributed by atoms with Gasteiger partial charge in [-0.3, -0.25) is 9.59 Å². The fourth-order valence-corrected chi connectivity index (χ4v) is 3.16. The van der Waals surface area contributed by atoms with Crippen LogP contribution in [0.15, 0.2) is 16.7 Å². The summed E-state index contributed by atoms with van der Waals surface area (Å²) in [6, 6.07) is 1.93. The summed E-state index contributed by atoms with van der Waals surface area (Å²) < 4.78 is 5.19. The predicted octanol–water partition coefficient (Wildman–Crippen LogP) is 1.47. The number of nitrogens with zero attached hydrogens (tertiary/aromatic N) is 1. The van der Waals surface area contributed by atoms with E-state index < -0.39 is 0 Å². The molecule has 2 amide bonds. The number of fused-ring (bicyclic) bond motifs is 1. The highest BCUT2D eigenvalue weighted by molar-refractivity contribution is 5.98. The Morgan fingerprint density at radius 3 is 2.95 bits per heavy atom. The molecule has 0 radical (unpaired) electrons. The van der Waals surface area contributed by atoms with E-state index in [4.69, 9.17) is 4.42 Å². The summed E-state index contributed by atoms with van der Waals surface area (Å²) in [7, 11) is 0. The average Bonchev–Trinajstić information content (AvgIpc) is 2.83. The number of aryl methyl sites for hydroxylation is 1. The van der Waals surface area contributed by atoms with Crippen LogP contribution in [0, 0.1) is 6.92 Å². The van der Waals surface area contributed by atoms with Crippen molar-refractivity contribution in [3.63, 3.8) is 0 Å². The highest BCUT2D eigenvalue weighted by Gasteiger charge is 2.39. The lowest BCUT2D eigenvalue weighted by molar-refractivity contribution is -0.127. The number of hydrogen-bond acceptors (Lipinski definition) is 3. The van der Waals surface area contributed by atoms with E-state index in [-0.39, 0.29) is 30.4 Å². The van der Waals surface area contributed by atoms with Gasteiger partial charge in [0.1, 0.15) is 12.3 Å². The number of amides is 2. The molecule has 2 unspecified atom stereocenters. The fourth-order valence-electron chi connectivity index (χ4n) is 3.16. The maximum absolute atomic E-state index is 12.6. The molecule has 2 aliphatic rings. The molecule has 5 nitrogen and oxygen atoms in total. The van der Waals surface area contributed by atoms with E-state index >= 15 is 0 Å². The standard InChI is InChI=1S/C14H18N2O3/c1-9-10(6-7-19-9)14(18)16-8-13(17)15-11-4-2-3-5-12(11)16/h6-7,11-12H,2-5,8H2,1H3,(H,15,17). The first-order valence-corrected chi connectivity index (χ1v) is 6.81. The number of nitrogens with one attached hydrogen (secondary N) is 1. The third-order valence-electron chi connectivity index (χ3n) is 4.14. The van der Waals surface area contributed by atoms with Crippen molar-refractivity contribution < 1.29 is 14.0 Å². The molecule has 1 N–H and O–H groups in total. The van der Waals surface area contributed by atoms with Gasteiger partial charge in [-0.05, 0) is 25.8 Å². The van der Waals surface area contributed by atoms with E-state index in [9.17, 15) is 9.59 Å². The van der Waals surface area contributed by atoms with E-state index in [1.807, 2.05) is 0 Å². The monoisotopic (exact) mass is 262 g/mol. The van der Waals surface area contributed by atoms with Crippen molar-refractivity contribution in [3.8, 4) is 0 Å². The normalized spacial score (nSPS) is 26.8. The van der Waals surface area contributed by atoms with Crippen LogP contribution in [-0.2, 0) is 4.79 Å². The number of rotatable bonds is 1. The molecule has 1 saturated heterocycles. The van der Waals surface area contributed by atoms with E-state index in [2.05, 4.69) is 5.32 Å². The van der Waals surface area contributed by atoms with Crippen LogP contribution >= 0.6 is 0 Å². The molecule has 3 rings (SSSR count). The van der Waals surface area contributed by atoms with Crippen LogP contribution in [0.3, 0.4) is 0 Å². The zero-order chi connectivity index (χ0) is 13.4. The van der Waals surface area contributed by atoms with Crippen molar-refractivity contribution in [1.29, 1.82) is 0 Å². The van der Waals surface area contributed by atoms with Crippen LogP contribution < -0.4 is 5.32 Å². The maximum Gasteiger partial charge on any atom is 0.258 e. The molecule has 1 aromatic heterocycles. The van der Waals surface area contributed by atoms with Crippen molar-refractivity contribution in [2.24, 2.45) is 0 Å². The number of carbonyl (C=O) groups excluding carboxylic acids is 2. The molecule has 1 aromatic rings. The van der Waals surface area contributed by atoms with Crippen molar-refractivity contribution in [2.45, 2.75) is 44.7 Å². The topological polar surface area (TPSA) is 62.6 Å². The van der Waals surface area contributed by atoms with E-state index in [0.29, 0.717) is 11.3 Å². The van der Waals surface area contributed by atoms with E-state index in [1.54, 1.807) is 17.9 Å². The molecule has 1 aliphatic heterocycles. The largest absolute Gasteiger partial charge is 0.469 e. The molecule has 1 aliphatic carbocycles. The first-order valence-electron chi connectivity index (χ1n) is 6.81. The first-order chi connectivity index (χ1) is 9.16. The van der Waals surface area contributed by atoms with E-state index in [0.717, 1.165) is 25.7 Å². The Morgan fingerprint density at radius 2 is 2.21 bits per heavy atom. The average molecular weight is 262 g/mol. The third kappa shape index (κ3) is 2.13. The lowest BCUT2D eigenvalue weighted by Gasteiger charge is -2.43. The number of furan rings is 1. The minimum Gasteiger partial charge on any atom is -0.469 e. The van der Waals surface area contributed by atoms with Crippen molar-refractivity contribution in [2.75, 3.05) is 6.54 Å². The Bertz CT molecular complexity index is 509. The summed E-state index contributed by atoms with van der Waals surface area (Å²) in [6.45, 7) is 1.93. The maximum atomic E-state index is 12.6. The van der Waals surface area contributed by atoms with Gasteiger partial charge < -0.3 is 14.6 Å². The number of carbonyl (C=O) groups is 2. The second kappa shape index (κ2) is 4.72. The molecule has 2 atom stereocenters. The van der Waals surface area contributed by atoms with Crippen molar-refractivity contribution in [3.05, 3.63) is 23.7 Å². The van der Waals surface area contributed by atoms with Crippen LogP contribution in [0.5, 0.6) is 0 Å². The Balaban J connectivity index is 1.87. The van der Waals surface area contributed by atoms with Crippen molar-refractivity contribution >= 4 is 11.8 Å². The summed E-state index contributed by atoms with van der Waals surface area (Å²) >= 11 is 0. The Morgan fingerprint density at radius 1 is 1.42 bits per heavy atom. The predicted molar refractivity (Wildman–Crippen MR) is 68.7 cm³/mol. The Hall–Kier alpha value is -1.78. The van der Waals surface area contributed by atoms with Gasteiger partial charge in [0.15, 0.2) is 0 Å². The smallest absolute Gasteiger partial charge is 0.258 e. The number of hydrogen-bond donors (Lipinski definition) is 1. The zero-order valence-corrected chi connectivity index (χ0v) is 11.0. The Labute approximate surface area is 111 Å². The summed E-state index contributed by atoms with van der Waals surface area (Å²) in [5.41, 5.74) is 0.569. The Kier molecular flexibility index (Phi) is 3.05. The first kappa shape index (κ1) is 12.3. The number of piperazine rings is 1. The molecule has 0 spiro atoms. The second-order valence-corrected chi connectivity index (χ2v) is 5.35. The van der Waals surface area contributed by atoms with Crippen LogP contribution in [0.1, 0.15) is 41.8 Å².